The van der Waals surface area contributed by atoms with E-state index in [1.54, 1.807) is 0 Å². The maximum atomic E-state index is 2.46. The molecule has 1 rings (SSSR count). The van der Waals surface area contributed by atoms with Gasteiger partial charge in [0.2, 0.25) is 0 Å². The molecule has 1 aliphatic carbocycles. The van der Waals surface area contributed by atoms with Crippen molar-refractivity contribution in [3.63, 3.8) is 0 Å². The summed E-state index contributed by atoms with van der Waals surface area (Å²) >= 11 is 0. The molecule has 11 heavy (non-hydrogen) atoms. The van der Waals surface area contributed by atoms with Crippen molar-refractivity contribution in [1.29, 1.82) is 0 Å². The highest BCUT2D eigenvalue weighted by Gasteiger charge is 2.38. The van der Waals surface area contributed by atoms with Gasteiger partial charge in [0.25, 0.3) is 0 Å². The zero-order valence-electron chi connectivity index (χ0n) is 8.48. The minimum atomic E-state index is 0.713. The van der Waals surface area contributed by atoms with Crippen LogP contribution in [0, 0.1) is 17.3 Å². The molecule has 1 fully saturated rings. The van der Waals surface area contributed by atoms with Crippen molar-refractivity contribution in [3.05, 3.63) is 0 Å². The van der Waals surface area contributed by atoms with Gasteiger partial charge in [-0.2, -0.15) is 0 Å². The van der Waals surface area contributed by atoms with Gasteiger partial charge in [0, 0.05) is 0 Å². The molecular weight excluding hydrogens is 132 g/mol. The largest absolute Gasteiger partial charge is 0.0628 e. The molecule has 2 atom stereocenters. The van der Waals surface area contributed by atoms with Gasteiger partial charge in [-0.15, -0.1) is 0 Å². The van der Waals surface area contributed by atoms with Crippen LogP contribution in [0.25, 0.3) is 0 Å². The van der Waals surface area contributed by atoms with Crippen molar-refractivity contribution in [1.82, 2.24) is 0 Å². The summed E-state index contributed by atoms with van der Waals surface area (Å²) in [5.41, 5.74) is 0.713. The molecule has 0 heterocycles. The van der Waals surface area contributed by atoms with Gasteiger partial charge in [0.1, 0.15) is 0 Å². The minimum Gasteiger partial charge on any atom is -0.0628 e. The molecule has 66 valence electrons. The molecule has 0 aromatic rings. The third-order valence-corrected chi connectivity index (χ3v) is 3.63. The molecule has 0 heteroatoms. The Bertz CT molecular complexity index is 126. The first kappa shape index (κ1) is 9.09. The van der Waals surface area contributed by atoms with Gasteiger partial charge in [0.15, 0.2) is 0 Å². The fraction of sp³-hybridized carbons (Fsp3) is 1.00. The zero-order valence-corrected chi connectivity index (χ0v) is 8.48. The maximum absolute atomic E-state index is 2.46. The summed E-state index contributed by atoms with van der Waals surface area (Å²) in [5, 5.41) is 0. The van der Waals surface area contributed by atoms with Crippen LogP contribution in [0.4, 0.5) is 0 Å². The van der Waals surface area contributed by atoms with E-state index >= 15 is 0 Å². The summed E-state index contributed by atoms with van der Waals surface area (Å²) in [4.78, 5) is 0. The minimum absolute atomic E-state index is 0.713. The van der Waals surface area contributed by atoms with Crippen molar-refractivity contribution in [3.8, 4) is 0 Å². The summed E-state index contributed by atoms with van der Waals surface area (Å²) in [7, 11) is 0. The zero-order chi connectivity index (χ0) is 8.48. The molecule has 0 spiro atoms. The van der Waals surface area contributed by atoms with Crippen LogP contribution in [0.2, 0.25) is 0 Å². The van der Waals surface area contributed by atoms with Crippen LogP contribution in [0.15, 0.2) is 0 Å². The molecule has 0 nitrogen and oxygen atoms in total. The lowest BCUT2D eigenvalue weighted by atomic mass is 9.59. The molecule has 2 unspecified atom stereocenters. The molecule has 0 bridgehead atoms. The quantitative estimate of drug-likeness (QED) is 0.579. The van der Waals surface area contributed by atoms with Crippen molar-refractivity contribution < 1.29 is 0 Å². The van der Waals surface area contributed by atoms with Crippen molar-refractivity contribution in [2.24, 2.45) is 17.3 Å². The number of hydrogen-bond donors (Lipinski definition) is 0. The van der Waals surface area contributed by atoms with Crippen LogP contribution in [0.1, 0.15) is 53.4 Å². The maximum Gasteiger partial charge on any atom is -0.0300 e. The van der Waals surface area contributed by atoms with E-state index in [0.29, 0.717) is 5.41 Å². The second-order valence-corrected chi connectivity index (χ2v) is 5.03. The first-order chi connectivity index (χ1) is 5.04. The lowest BCUT2D eigenvalue weighted by Gasteiger charge is -2.46. The Morgan fingerprint density at radius 1 is 1.45 bits per heavy atom. The Morgan fingerprint density at radius 3 is 2.36 bits per heavy atom. The predicted octanol–water partition coefficient (Wildman–Crippen LogP) is 3.86. The highest BCUT2D eigenvalue weighted by molar-refractivity contribution is 4.89. The first-order valence-corrected chi connectivity index (χ1v) is 5.04. The molecule has 0 amide bonds. The Hall–Kier alpha value is 0. The molecule has 0 aromatic heterocycles. The second-order valence-electron chi connectivity index (χ2n) is 5.03. The molecule has 0 aromatic carbocycles. The van der Waals surface area contributed by atoms with E-state index in [9.17, 15) is 0 Å². The molecule has 1 aliphatic rings. The second kappa shape index (κ2) is 3.16. The summed E-state index contributed by atoms with van der Waals surface area (Å²) in [6.45, 7) is 9.52. The average Bonchev–Trinajstić information content (AvgIpc) is 1.97. The molecule has 0 radical (unpaired) electrons. The van der Waals surface area contributed by atoms with Gasteiger partial charge in [-0.3, -0.25) is 0 Å². The van der Waals surface area contributed by atoms with Crippen molar-refractivity contribution >= 4 is 0 Å². The Balaban J connectivity index is 2.25. The van der Waals surface area contributed by atoms with E-state index in [2.05, 4.69) is 27.7 Å². The van der Waals surface area contributed by atoms with Crippen molar-refractivity contribution in [2.45, 2.75) is 53.4 Å². The molecular formula is C11H22. The Labute approximate surface area is 71.4 Å². The van der Waals surface area contributed by atoms with Gasteiger partial charge in [-0.25, -0.2) is 0 Å². The highest BCUT2D eigenvalue weighted by Crippen LogP contribution is 2.49. The molecule has 0 aliphatic heterocycles. The van der Waals surface area contributed by atoms with Gasteiger partial charge < -0.3 is 0 Å². The third-order valence-electron chi connectivity index (χ3n) is 3.63. The van der Waals surface area contributed by atoms with Gasteiger partial charge in [-0.05, 0) is 36.5 Å². The van der Waals surface area contributed by atoms with E-state index in [1.165, 1.54) is 25.7 Å². The third kappa shape index (κ3) is 1.98. The Kier molecular flexibility index (Phi) is 2.61. The predicted molar refractivity (Wildman–Crippen MR) is 50.6 cm³/mol. The van der Waals surface area contributed by atoms with Crippen LogP contribution in [-0.2, 0) is 0 Å². The Morgan fingerprint density at radius 2 is 2.09 bits per heavy atom. The van der Waals surface area contributed by atoms with Crippen LogP contribution in [0.3, 0.4) is 0 Å². The monoisotopic (exact) mass is 154 g/mol. The molecule has 0 N–H and O–H groups in total. The van der Waals surface area contributed by atoms with Crippen LogP contribution < -0.4 is 0 Å². The normalized spacial score (nSPS) is 37.4. The number of hydrogen-bond acceptors (Lipinski definition) is 0. The average molecular weight is 154 g/mol. The fourth-order valence-electron chi connectivity index (χ4n) is 1.92. The topological polar surface area (TPSA) is 0 Å². The lowest BCUT2D eigenvalue weighted by molar-refractivity contribution is 0.0492. The van der Waals surface area contributed by atoms with E-state index in [1.807, 2.05) is 0 Å². The van der Waals surface area contributed by atoms with E-state index in [0.717, 1.165) is 11.8 Å². The molecule has 1 saturated carbocycles. The SMILES string of the molecule is CC(C)CCC1(C)CCC1C. The van der Waals surface area contributed by atoms with Crippen LogP contribution in [-0.4, -0.2) is 0 Å². The lowest BCUT2D eigenvalue weighted by Crippen LogP contribution is -2.35. The fourth-order valence-corrected chi connectivity index (χ4v) is 1.92. The standard InChI is InChI=1S/C11H22/c1-9(2)5-7-11(4)8-6-10(11)3/h9-10H,5-8H2,1-4H3. The summed E-state index contributed by atoms with van der Waals surface area (Å²) < 4.78 is 0. The van der Waals surface area contributed by atoms with E-state index in [-0.39, 0.29) is 0 Å². The van der Waals surface area contributed by atoms with Gasteiger partial charge >= 0.3 is 0 Å². The van der Waals surface area contributed by atoms with Gasteiger partial charge in [-0.1, -0.05) is 34.1 Å². The summed E-state index contributed by atoms with van der Waals surface area (Å²) in [6, 6.07) is 0. The first-order valence-electron chi connectivity index (χ1n) is 5.04. The molecule has 0 saturated heterocycles. The van der Waals surface area contributed by atoms with Gasteiger partial charge in [0.05, 0.1) is 0 Å². The summed E-state index contributed by atoms with van der Waals surface area (Å²) in [5.74, 6) is 1.88. The number of rotatable bonds is 3. The van der Waals surface area contributed by atoms with Crippen LogP contribution >= 0.6 is 0 Å². The van der Waals surface area contributed by atoms with E-state index < -0.39 is 0 Å². The summed E-state index contributed by atoms with van der Waals surface area (Å²) in [6.07, 6.45) is 5.81. The highest BCUT2D eigenvalue weighted by atomic mass is 14.4. The van der Waals surface area contributed by atoms with E-state index in [4.69, 9.17) is 0 Å². The van der Waals surface area contributed by atoms with Crippen molar-refractivity contribution in [2.75, 3.05) is 0 Å². The van der Waals surface area contributed by atoms with Crippen LogP contribution in [0.5, 0.6) is 0 Å². The smallest absolute Gasteiger partial charge is 0.0300 e.